The maximum atomic E-state index is 12.3. The minimum atomic E-state index is -3.37. The molecule has 2 rings (SSSR count). The molecule has 0 saturated carbocycles. The zero-order valence-corrected chi connectivity index (χ0v) is 11.3. The number of hydrogen-bond donors (Lipinski definition) is 0. The lowest BCUT2D eigenvalue weighted by Gasteiger charge is -2.20. The largest absolute Gasteiger partial charge is 0.262 e. The van der Waals surface area contributed by atoms with Gasteiger partial charge >= 0.3 is 0 Å². The third-order valence-corrected chi connectivity index (χ3v) is 5.19. The Morgan fingerprint density at radius 3 is 2.81 bits per heavy atom. The molecule has 0 spiro atoms. The van der Waals surface area contributed by atoms with Crippen LogP contribution in [0, 0.1) is 0 Å². The van der Waals surface area contributed by atoms with Crippen molar-refractivity contribution in [2.24, 2.45) is 0 Å². The smallest absolute Gasteiger partial charge is 0.244 e. The van der Waals surface area contributed by atoms with Crippen molar-refractivity contribution in [3.05, 3.63) is 22.9 Å². The summed E-state index contributed by atoms with van der Waals surface area (Å²) < 4.78 is 26.8. The first-order valence-electron chi connectivity index (χ1n) is 5.14. The lowest BCUT2D eigenvalue weighted by molar-refractivity contribution is 0.408. The highest BCUT2D eigenvalue weighted by Gasteiger charge is 2.32. The molecule has 0 amide bonds. The zero-order valence-electron chi connectivity index (χ0n) is 8.93. The Morgan fingerprint density at radius 1 is 1.50 bits per heavy atom. The zero-order chi connectivity index (χ0) is 11.8. The second-order valence-electron chi connectivity index (χ2n) is 3.95. The Balaban J connectivity index is 2.39. The van der Waals surface area contributed by atoms with Crippen LogP contribution in [0.2, 0.25) is 0 Å². The van der Waals surface area contributed by atoms with Gasteiger partial charge in [0.05, 0.1) is 0 Å². The standard InChI is InChI=1S/C10H13BrN2O2S/c1-8-3-2-4-13(8)16(14,15)10-5-9(11)6-12-7-10/h5-8H,2-4H2,1H3. The molecule has 1 atom stereocenters. The molecule has 2 heterocycles. The quantitative estimate of drug-likeness (QED) is 0.840. The van der Waals surface area contributed by atoms with E-state index in [0.717, 1.165) is 12.8 Å². The lowest BCUT2D eigenvalue weighted by atomic mass is 10.3. The molecule has 4 nitrogen and oxygen atoms in total. The maximum Gasteiger partial charge on any atom is 0.244 e. The molecule has 0 bridgehead atoms. The maximum absolute atomic E-state index is 12.3. The van der Waals surface area contributed by atoms with E-state index in [9.17, 15) is 8.42 Å². The predicted molar refractivity (Wildman–Crippen MR) is 64.5 cm³/mol. The molecule has 0 aliphatic carbocycles. The van der Waals surface area contributed by atoms with Crippen molar-refractivity contribution in [3.63, 3.8) is 0 Å². The fourth-order valence-electron chi connectivity index (χ4n) is 1.93. The molecule has 1 saturated heterocycles. The molecule has 88 valence electrons. The summed E-state index contributed by atoms with van der Waals surface area (Å²) in [5, 5.41) is 0. The molecule has 1 fully saturated rings. The lowest BCUT2D eigenvalue weighted by Crippen LogP contribution is -2.33. The Hall–Kier alpha value is -0.460. The summed E-state index contributed by atoms with van der Waals surface area (Å²) >= 11 is 3.23. The summed E-state index contributed by atoms with van der Waals surface area (Å²) in [5.41, 5.74) is 0. The van der Waals surface area contributed by atoms with Gasteiger partial charge in [0.2, 0.25) is 10.0 Å². The van der Waals surface area contributed by atoms with Crippen LogP contribution in [0.3, 0.4) is 0 Å². The van der Waals surface area contributed by atoms with E-state index in [0.29, 0.717) is 11.0 Å². The van der Waals surface area contributed by atoms with Gasteiger partial charge in [-0.15, -0.1) is 0 Å². The van der Waals surface area contributed by atoms with Gasteiger partial charge in [-0.25, -0.2) is 8.42 Å². The summed E-state index contributed by atoms with van der Waals surface area (Å²) in [5.74, 6) is 0. The van der Waals surface area contributed by atoms with E-state index in [1.165, 1.54) is 6.20 Å². The van der Waals surface area contributed by atoms with Gasteiger partial charge < -0.3 is 0 Å². The van der Waals surface area contributed by atoms with Crippen LogP contribution in [0.5, 0.6) is 0 Å². The monoisotopic (exact) mass is 304 g/mol. The number of pyridine rings is 1. The fourth-order valence-corrected chi connectivity index (χ4v) is 4.14. The van der Waals surface area contributed by atoms with Gasteiger partial charge in [-0.05, 0) is 41.8 Å². The van der Waals surface area contributed by atoms with Crippen LogP contribution < -0.4 is 0 Å². The first-order valence-corrected chi connectivity index (χ1v) is 7.37. The first-order chi connectivity index (χ1) is 7.51. The Labute approximate surface area is 104 Å². The molecule has 6 heteroatoms. The highest BCUT2D eigenvalue weighted by Crippen LogP contribution is 2.26. The molecule has 1 aliphatic heterocycles. The average Bonchev–Trinajstić information content (AvgIpc) is 2.65. The summed E-state index contributed by atoms with van der Waals surface area (Å²) in [6.45, 7) is 2.55. The van der Waals surface area contributed by atoms with Gasteiger partial charge in [0.25, 0.3) is 0 Å². The normalized spacial score (nSPS) is 22.5. The number of rotatable bonds is 2. The molecule has 1 aromatic heterocycles. The number of hydrogen-bond acceptors (Lipinski definition) is 3. The highest BCUT2D eigenvalue weighted by atomic mass is 79.9. The molecule has 16 heavy (non-hydrogen) atoms. The topological polar surface area (TPSA) is 50.3 Å². The number of aromatic nitrogens is 1. The molecular weight excluding hydrogens is 292 g/mol. The van der Waals surface area contributed by atoms with E-state index in [1.54, 1.807) is 16.6 Å². The van der Waals surface area contributed by atoms with Crippen LogP contribution in [0.1, 0.15) is 19.8 Å². The Morgan fingerprint density at radius 2 is 2.25 bits per heavy atom. The second-order valence-corrected chi connectivity index (χ2v) is 6.75. The molecule has 1 aromatic rings. The van der Waals surface area contributed by atoms with Gasteiger partial charge in [-0.3, -0.25) is 4.98 Å². The van der Waals surface area contributed by atoms with Crippen LogP contribution in [-0.4, -0.2) is 30.3 Å². The average molecular weight is 305 g/mol. The van der Waals surface area contributed by atoms with Gasteiger partial charge in [0.15, 0.2) is 0 Å². The van der Waals surface area contributed by atoms with E-state index >= 15 is 0 Å². The van der Waals surface area contributed by atoms with Crippen LogP contribution >= 0.6 is 15.9 Å². The van der Waals surface area contributed by atoms with E-state index in [1.807, 2.05) is 6.92 Å². The minimum Gasteiger partial charge on any atom is -0.262 e. The van der Waals surface area contributed by atoms with Crippen molar-refractivity contribution in [3.8, 4) is 0 Å². The van der Waals surface area contributed by atoms with Gasteiger partial charge in [-0.1, -0.05) is 0 Å². The SMILES string of the molecule is CC1CCCN1S(=O)(=O)c1cncc(Br)c1. The molecule has 0 N–H and O–H groups in total. The summed E-state index contributed by atoms with van der Waals surface area (Å²) in [6.07, 6.45) is 4.83. The predicted octanol–water partition coefficient (Wildman–Crippen LogP) is 2.02. The van der Waals surface area contributed by atoms with Crippen molar-refractivity contribution in [2.75, 3.05) is 6.54 Å². The van der Waals surface area contributed by atoms with Crippen molar-refractivity contribution in [1.29, 1.82) is 0 Å². The first kappa shape index (κ1) is 12.0. The molecule has 0 aromatic carbocycles. The number of nitrogens with zero attached hydrogens (tertiary/aromatic N) is 2. The fraction of sp³-hybridized carbons (Fsp3) is 0.500. The number of sulfonamides is 1. The van der Waals surface area contributed by atoms with E-state index < -0.39 is 10.0 Å². The second kappa shape index (κ2) is 4.43. The molecule has 1 unspecified atom stereocenters. The van der Waals surface area contributed by atoms with Crippen molar-refractivity contribution < 1.29 is 8.42 Å². The summed E-state index contributed by atoms with van der Waals surface area (Å²) in [4.78, 5) is 4.15. The van der Waals surface area contributed by atoms with E-state index in [-0.39, 0.29) is 10.9 Å². The molecule has 0 radical (unpaired) electrons. The third kappa shape index (κ3) is 2.14. The Kier molecular flexibility index (Phi) is 3.32. The van der Waals surface area contributed by atoms with Crippen molar-refractivity contribution >= 4 is 26.0 Å². The highest BCUT2D eigenvalue weighted by molar-refractivity contribution is 9.10. The van der Waals surface area contributed by atoms with Gasteiger partial charge in [-0.2, -0.15) is 4.31 Å². The van der Waals surface area contributed by atoms with Gasteiger partial charge in [0.1, 0.15) is 4.90 Å². The van der Waals surface area contributed by atoms with E-state index in [4.69, 9.17) is 0 Å². The summed E-state index contributed by atoms with van der Waals surface area (Å²) in [6, 6.07) is 1.68. The van der Waals surface area contributed by atoms with E-state index in [2.05, 4.69) is 20.9 Å². The van der Waals surface area contributed by atoms with Gasteiger partial charge in [0, 0.05) is 29.5 Å². The van der Waals surface area contributed by atoms with Crippen molar-refractivity contribution in [2.45, 2.75) is 30.7 Å². The minimum absolute atomic E-state index is 0.0870. The number of halogens is 1. The Bertz CT molecular complexity index is 489. The molecular formula is C10H13BrN2O2S. The van der Waals surface area contributed by atoms with Crippen LogP contribution in [0.15, 0.2) is 27.8 Å². The van der Waals surface area contributed by atoms with Crippen molar-refractivity contribution in [1.82, 2.24) is 9.29 Å². The van der Waals surface area contributed by atoms with Crippen LogP contribution in [0.4, 0.5) is 0 Å². The summed E-state index contributed by atoms with van der Waals surface area (Å²) in [7, 11) is -3.37. The molecule has 1 aliphatic rings. The van der Waals surface area contributed by atoms with Crippen LogP contribution in [0.25, 0.3) is 0 Å². The third-order valence-electron chi connectivity index (χ3n) is 2.78. The van der Waals surface area contributed by atoms with Crippen LogP contribution in [-0.2, 0) is 10.0 Å².